The number of carbonyl (C=O) groups is 2. The van der Waals surface area contributed by atoms with Gasteiger partial charge in [-0.3, -0.25) is 4.79 Å². The summed E-state index contributed by atoms with van der Waals surface area (Å²) in [5.41, 5.74) is 0. The summed E-state index contributed by atoms with van der Waals surface area (Å²) in [5, 5.41) is 17.3. The fourth-order valence-corrected chi connectivity index (χ4v) is 1.96. The third-order valence-electron chi connectivity index (χ3n) is 3.20. The van der Waals surface area contributed by atoms with Crippen LogP contribution in [0.2, 0.25) is 0 Å². The van der Waals surface area contributed by atoms with Gasteiger partial charge in [0.15, 0.2) is 0 Å². The summed E-state index contributed by atoms with van der Waals surface area (Å²) in [5.74, 6) is -1.26. The first-order chi connectivity index (χ1) is 8.13. The highest BCUT2D eigenvalue weighted by molar-refractivity contribution is 5.80. The van der Waals surface area contributed by atoms with Gasteiger partial charge >= 0.3 is 12.0 Å². The monoisotopic (exact) mass is 237 g/mol. The van der Waals surface area contributed by atoms with Crippen molar-refractivity contribution in [2.45, 2.75) is 25.3 Å². The molecule has 2 amide bonds. The summed E-state index contributed by atoms with van der Waals surface area (Å²) < 4.78 is 0. The molecule has 1 aliphatic carbocycles. The second-order valence-corrected chi connectivity index (χ2v) is 4.56. The van der Waals surface area contributed by atoms with E-state index in [2.05, 4.69) is 0 Å². The first kappa shape index (κ1) is 11.7. The van der Waals surface area contributed by atoms with Crippen molar-refractivity contribution in [2.75, 3.05) is 19.6 Å². The molecule has 0 aromatic carbocycles. The van der Waals surface area contributed by atoms with Crippen LogP contribution < -0.4 is 0 Å². The quantitative estimate of drug-likeness (QED) is 0.771. The van der Waals surface area contributed by atoms with Crippen LogP contribution >= 0.6 is 0 Å². The van der Waals surface area contributed by atoms with Crippen LogP contribution in [0.15, 0.2) is 0 Å². The lowest BCUT2D eigenvalue weighted by Gasteiger charge is -2.40. The summed E-state index contributed by atoms with van der Waals surface area (Å²) in [6.45, 7) is 1.04. The molecule has 92 valence electrons. The first-order valence-corrected chi connectivity index (χ1v) is 5.78. The van der Waals surface area contributed by atoms with Gasteiger partial charge in [0, 0.05) is 25.7 Å². The van der Waals surface area contributed by atoms with Crippen molar-refractivity contribution in [1.82, 2.24) is 9.80 Å². The van der Waals surface area contributed by atoms with E-state index < -0.39 is 11.9 Å². The highest BCUT2D eigenvalue weighted by Crippen LogP contribution is 2.29. The van der Waals surface area contributed by atoms with Crippen molar-refractivity contribution in [3.05, 3.63) is 0 Å². The van der Waals surface area contributed by atoms with Crippen molar-refractivity contribution in [3.8, 4) is 6.07 Å². The lowest BCUT2D eigenvalue weighted by Crippen LogP contribution is -2.57. The average Bonchev–Trinajstić information content (AvgIpc) is 2.99. The molecule has 2 rings (SSSR count). The maximum atomic E-state index is 12.0. The number of carboxylic acids is 1. The van der Waals surface area contributed by atoms with E-state index in [9.17, 15) is 9.59 Å². The Bertz CT molecular complexity index is 367. The predicted octanol–water partition coefficient (Wildman–Crippen LogP) is 0.501. The third kappa shape index (κ3) is 2.49. The maximum absolute atomic E-state index is 12.0. The molecule has 0 atom stereocenters. The van der Waals surface area contributed by atoms with Crippen LogP contribution in [0.5, 0.6) is 0 Å². The molecule has 17 heavy (non-hydrogen) atoms. The Hall–Kier alpha value is -1.77. The van der Waals surface area contributed by atoms with Crippen LogP contribution in [0.1, 0.15) is 19.3 Å². The molecule has 1 saturated carbocycles. The number of hydrogen-bond donors (Lipinski definition) is 1. The zero-order chi connectivity index (χ0) is 12.4. The largest absolute Gasteiger partial charge is 0.481 e. The lowest BCUT2D eigenvalue weighted by molar-refractivity contribution is -0.146. The average molecular weight is 237 g/mol. The number of aliphatic carboxylic acids is 1. The van der Waals surface area contributed by atoms with Crippen LogP contribution in [0.4, 0.5) is 4.79 Å². The van der Waals surface area contributed by atoms with E-state index in [1.54, 1.807) is 9.80 Å². The van der Waals surface area contributed by atoms with Gasteiger partial charge < -0.3 is 14.9 Å². The zero-order valence-electron chi connectivity index (χ0n) is 9.50. The molecule has 2 fully saturated rings. The molecule has 2 aliphatic rings. The minimum Gasteiger partial charge on any atom is -0.481 e. The minimum absolute atomic E-state index is 0.111. The van der Waals surface area contributed by atoms with Gasteiger partial charge in [-0.05, 0) is 12.8 Å². The maximum Gasteiger partial charge on any atom is 0.320 e. The Morgan fingerprint density at radius 2 is 2.06 bits per heavy atom. The fourth-order valence-electron chi connectivity index (χ4n) is 1.96. The van der Waals surface area contributed by atoms with Gasteiger partial charge in [0.2, 0.25) is 0 Å². The van der Waals surface area contributed by atoms with Crippen molar-refractivity contribution in [2.24, 2.45) is 5.92 Å². The van der Waals surface area contributed by atoms with E-state index >= 15 is 0 Å². The molecule has 6 nitrogen and oxygen atoms in total. The van der Waals surface area contributed by atoms with E-state index in [0.717, 1.165) is 12.8 Å². The van der Waals surface area contributed by atoms with Gasteiger partial charge in [0.1, 0.15) is 0 Å². The molecule has 0 spiro atoms. The number of hydrogen-bond acceptors (Lipinski definition) is 3. The topological polar surface area (TPSA) is 84.6 Å². The van der Waals surface area contributed by atoms with Crippen LogP contribution in [0, 0.1) is 17.2 Å². The van der Waals surface area contributed by atoms with Gasteiger partial charge in [-0.1, -0.05) is 0 Å². The Balaban J connectivity index is 1.85. The Labute approximate surface area is 99.4 Å². The highest BCUT2D eigenvalue weighted by Gasteiger charge is 2.41. The molecule has 0 aromatic rings. The number of likely N-dealkylation sites (tertiary alicyclic amines) is 1. The van der Waals surface area contributed by atoms with Gasteiger partial charge in [0.25, 0.3) is 0 Å². The number of carbonyl (C=O) groups excluding carboxylic acids is 1. The van der Waals surface area contributed by atoms with E-state index in [4.69, 9.17) is 10.4 Å². The third-order valence-corrected chi connectivity index (χ3v) is 3.20. The van der Waals surface area contributed by atoms with E-state index in [1.807, 2.05) is 6.07 Å². The molecule has 0 aromatic heterocycles. The Morgan fingerprint density at radius 3 is 2.53 bits per heavy atom. The van der Waals surface area contributed by atoms with Crippen LogP contribution in [-0.2, 0) is 4.79 Å². The van der Waals surface area contributed by atoms with Crippen LogP contribution in [-0.4, -0.2) is 52.6 Å². The Morgan fingerprint density at radius 1 is 1.41 bits per heavy atom. The van der Waals surface area contributed by atoms with Crippen molar-refractivity contribution in [1.29, 1.82) is 5.26 Å². The lowest BCUT2D eigenvalue weighted by atomic mass is 10.0. The number of amides is 2. The van der Waals surface area contributed by atoms with Crippen molar-refractivity contribution >= 4 is 12.0 Å². The molecule has 1 aliphatic heterocycles. The molecule has 0 unspecified atom stereocenters. The molecular weight excluding hydrogens is 222 g/mol. The predicted molar refractivity (Wildman–Crippen MR) is 58.1 cm³/mol. The molecule has 0 radical (unpaired) electrons. The molecule has 1 N–H and O–H groups in total. The van der Waals surface area contributed by atoms with Crippen molar-refractivity contribution < 1.29 is 14.7 Å². The second-order valence-electron chi connectivity index (χ2n) is 4.56. The first-order valence-electron chi connectivity index (χ1n) is 5.78. The second kappa shape index (κ2) is 4.62. The van der Waals surface area contributed by atoms with Gasteiger partial charge in [-0.25, -0.2) is 4.79 Å². The number of carboxylic acid groups (broad SMARTS) is 1. The van der Waals surface area contributed by atoms with E-state index in [-0.39, 0.29) is 12.1 Å². The fraction of sp³-hybridized carbons (Fsp3) is 0.727. The summed E-state index contributed by atoms with van der Waals surface area (Å²) in [6, 6.07) is 2.18. The molecule has 6 heteroatoms. The van der Waals surface area contributed by atoms with Gasteiger partial charge in [-0.15, -0.1) is 0 Å². The summed E-state index contributed by atoms with van der Waals surface area (Å²) >= 11 is 0. The van der Waals surface area contributed by atoms with E-state index in [1.165, 1.54) is 0 Å². The number of urea groups is 1. The highest BCUT2D eigenvalue weighted by atomic mass is 16.4. The zero-order valence-corrected chi connectivity index (χ0v) is 9.50. The summed E-state index contributed by atoms with van der Waals surface area (Å²) in [7, 11) is 0. The number of nitrogens with zero attached hydrogens (tertiary/aromatic N) is 3. The summed E-state index contributed by atoms with van der Waals surface area (Å²) in [6.07, 6.45) is 2.32. The molecule has 1 saturated heterocycles. The Kier molecular flexibility index (Phi) is 3.18. The number of nitriles is 1. The number of rotatable bonds is 4. The molecular formula is C11H15N3O3. The SMILES string of the molecule is N#CCCN(C(=O)N1CC(C(=O)O)C1)C1CC1. The molecule has 1 heterocycles. The standard InChI is InChI=1S/C11H15N3O3/c12-4-1-5-14(9-2-3-9)11(17)13-6-8(7-13)10(15)16/h8-9H,1-3,5-7H2,(H,15,16). The molecule has 0 bridgehead atoms. The van der Waals surface area contributed by atoms with Crippen molar-refractivity contribution in [3.63, 3.8) is 0 Å². The van der Waals surface area contributed by atoms with E-state index in [0.29, 0.717) is 26.1 Å². The van der Waals surface area contributed by atoms with Gasteiger partial charge in [-0.2, -0.15) is 5.26 Å². The minimum atomic E-state index is -0.843. The van der Waals surface area contributed by atoms with Crippen LogP contribution in [0.25, 0.3) is 0 Å². The smallest absolute Gasteiger partial charge is 0.320 e. The normalized spacial score (nSPS) is 19.4. The van der Waals surface area contributed by atoms with Crippen LogP contribution in [0.3, 0.4) is 0 Å². The summed E-state index contributed by atoms with van der Waals surface area (Å²) in [4.78, 5) is 25.9. The van der Waals surface area contributed by atoms with Gasteiger partial charge in [0.05, 0.1) is 18.4 Å².